The lowest BCUT2D eigenvalue weighted by Crippen LogP contribution is -2.38. The van der Waals surface area contributed by atoms with Crippen molar-refractivity contribution in [1.82, 2.24) is 0 Å². The van der Waals surface area contributed by atoms with E-state index in [9.17, 15) is 30.6 Å². The number of halogens is 7. The normalized spacial score (nSPS) is 16.0. The van der Waals surface area contributed by atoms with Crippen molar-refractivity contribution < 1.29 is 30.6 Å². The Morgan fingerprint density at radius 1 is 1.27 bits per heavy atom. The standard InChI is InChI=1S/C11H9ClF6N2OS/c12-7-2-1-6(20-4-9(19)11(16,17)18)3-8(7)22(21)5-10(13,14)15/h1-4,9H,5,19H2. The lowest BCUT2D eigenvalue weighted by Gasteiger charge is -2.10. The summed E-state index contributed by atoms with van der Waals surface area (Å²) in [5, 5.41) is -0.207. The van der Waals surface area contributed by atoms with Crippen LogP contribution >= 0.6 is 11.6 Å². The second kappa shape index (κ2) is 6.97. The van der Waals surface area contributed by atoms with Gasteiger partial charge >= 0.3 is 12.4 Å². The van der Waals surface area contributed by atoms with E-state index in [0.29, 0.717) is 6.21 Å². The molecule has 1 aromatic rings. The summed E-state index contributed by atoms with van der Waals surface area (Å²) in [6.45, 7) is 0. The maximum absolute atomic E-state index is 12.2. The molecule has 0 saturated heterocycles. The number of benzene rings is 1. The van der Waals surface area contributed by atoms with Gasteiger partial charge in [-0.3, -0.25) is 9.20 Å². The van der Waals surface area contributed by atoms with Crippen molar-refractivity contribution in [3.8, 4) is 0 Å². The zero-order chi connectivity index (χ0) is 17.1. The van der Waals surface area contributed by atoms with Crippen LogP contribution in [-0.4, -0.2) is 34.6 Å². The molecule has 2 atom stereocenters. The zero-order valence-corrected chi connectivity index (χ0v) is 12.2. The Labute approximate surface area is 128 Å². The van der Waals surface area contributed by atoms with Crippen molar-refractivity contribution in [3.63, 3.8) is 0 Å². The smallest absolute Gasteiger partial charge is 0.316 e. The van der Waals surface area contributed by atoms with Gasteiger partial charge in [0.15, 0.2) is 0 Å². The Balaban J connectivity index is 3.00. The Bertz CT molecular complexity index is 587. The second-order valence-corrected chi connectivity index (χ2v) is 5.89. The third kappa shape index (κ3) is 5.93. The van der Waals surface area contributed by atoms with Gasteiger partial charge in [-0.25, -0.2) is 0 Å². The maximum atomic E-state index is 12.2. The Morgan fingerprint density at radius 2 is 1.86 bits per heavy atom. The van der Waals surface area contributed by atoms with Crippen LogP contribution in [0.1, 0.15) is 0 Å². The van der Waals surface area contributed by atoms with Crippen LogP contribution in [0.4, 0.5) is 32.0 Å². The maximum Gasteiger partial charge on any atom is 0.408 e. The highest BCUT2D eigenvalue weighted by Crippen LogP contribution is 2.28. The fourth-order valence-corrected chi connectivity index (χ4v) is 2.59. The molecule has 1 aromatic carbocycles. The first-order valence-electron chi connectivity index (χ1n) is 5.51. The molecule has 0 radical (unpaired) electrons. The number of hydrogen-bond donors (Lipinski definition) is 1. The van der Waals surface area contributed by atoms with E-state index in [2.05, 4.69) is 4.99 Å². The molecule has 1 rings (SSSR count). The number of hydrogen-bond acceptors (Lipinski definition) is 3. The molecule has 2 N–H and O–H groups in total. The molecule has 0 aliphatic carbocycles. The van der Waals surface area contributed by atoms with E-state index in [-0.39, 0.29) is 15.6 Å². The summed E-state index contributed by atoms with van der Waals surface area (Å²) >= 11 is 5.64. The van der Waals surface area contributed by atoms with E-state index >= 15 is 0 Å². The minimum atomic E-state index is -4.70. The van der Waals surface area contributed by atoms with Gasteiger partial charge in [0.25, 0.3) is 0 Å². The second-order valence-electron chi connectivity index (χ2n) is 4.07. The fourth-order valence-electron chi connectivity index (χ4n) is 1.22. The van der Waals surface area contributed by atoms with Gasteiger partial charge in [-0.1, -0.05) is 11.6 Å². The summed E-state index contributed by atoms with van der Waals surface area (Å²) in [7, 11) is -2.49. The predicted octanol–water partition coefficient (Wildman–Crippen LogP) is 3.60. The zero-order valence-electron chi connectivity index (χ0n) is 10.6. The third-order valence-corrected chi connectivity index (χ3v) is 4.08. The highest BCUT2D eigenvalue weighted by Gasteiger charge is 2.35. The minimum Gasteiger partial charge on any atom is -0.316 e. The molecule has 0 aliphatic heterocycles. The summed E-state index contributed by atoms with van der Waals surface area (Å²) in [5.41, 5.74) is 4.66. The molecule has 0 spiro atoms. The molecule has 0 heterocycles. The van der Waals surface area contributed by atoms with Gasteiger partial charge in [-0.05, 0) is 18.2 Å². The molecule has 124 valence electrons. The number of nitrogens with zero attached hydrogens (tertiary/aromatic N) is 1. The third-order valence-electron chi connectivity index (χ3n) is 2.22. The van der Waals surface area contributed by atoms with Crippen molar-refractivity contribution in [3.05, 3.63) is 23.2 Å². The van der Waals surface area contributed by atoms with Crippen LogP contribution in [0.2, 0.25) is 5.02 Å². The van der Waals surface area contributed by atoms with Crippen LogP contribution in [0.25, 0.3) is 0 Å². The first-order chi connectivity index (χ1) is 9.90. The predicted molar refractivity (Wildman–Crippen MR) is 71.0 cm³/mol. The first kappa shape index (κ1) is 18.9. The summed E-state index contributed by atoms with van der Waals surface area (Å²) in [5.74, 6) is -1.62. The van der Waals surface area contributed by atoms with Crippen molar-refractivity contribution in [2.24, 2.45) is 10.7 Å². The number of rotatable bonds is 4. The van der Waals surface area contributed by atoms with Crippen LogP contribution in [-0.2, 0) is 10.8 Å². The van der Waals surface area contributed by atoms with Gasteiger partial charge in [0.05, 0.1) is 26.4 Å². The lowest BCUT2D eigenvalue weighted by molar-refractivity contribution is -0.131. The molecular weight excluding hydrogens is 358 g/mol. The number of aliphatic imine (C=N–C) groups is 1. The van der Waals surface area contributed by atoms with Gasteiger partial charge in [-0.15, -0.1) is 0 Å². The van der Waals surface area contributed by atoms with Gasteiger partial charge in [-0.2, -0.15) is 26.3 Å². The number of alkyl halides is 6. The van der Waals surface area contributed by atoms with Gasteiger partial charge < -0.3 is 5.73 Å². The molecule has 0 saturated carbocycles. The summed E-state index contributed by atoms with van der Waals surface area (Å²) in [6, 6.07) is 0.851. The van der Waals surface area contributed by atoms with E-state index in [0.717, 1.165) is 18.2 Å². The monoisotopic (exact) mass is 366 g/mol. The average molecular weight is 367 g/mol. The van der Waals surface area contributed by atoms with Crippen LogP contribution in [0, 0.1) is 0 Å². The Morgan fingerprint density at radius 3 is 2.36 bits per heavy atom. The quantitative estimate of drug-likeness (QED) is 0.654. The molecule has 0 amide bonds. The van der Waals surface area contributed by atoms with Crippen molar-refractivity contribution >= 4 is 34.3 Å². The molecule has 3 nitrogen and oxygen atoms in total. The molecule has 0 fully saturated rings. The van der Waals surface area contributed by atoms with E-state index in [4.69, 9.17) is 17.3 Å². The summed E-state index contributed by atoms with van der Waals surface area (Å²) in [4.78, 5) is 3.04. The molecule has 11 heteroatoms. The van der Waals surface area contributed by atoms with Crippen LogP contribution < -0.4 is 5.73 Å². The molecule has 2 unspecified atom stereocenters. The largest absolute Gasteiger partial charge is 0.408 e. The van der Waals surface area contributed by atoms with Gasteiger partial charge in [0.2, 0.25) is 0 Å². The molecular formula is C11H9ClF6N2OS. The minimum absolute atomic E-state index is 0.144. The van der Waals surface area contributed by atoms with Crippen molar-refractivity contribution in [2.45, 2.75) is 23.3 Å². The van der Waals surface area contributed by atoms with Crippen LogP contribution in [0.15, 0.2) is 28.1 Å². The highest BCUT2D eigenvalue weighted by atomic mass is 35.5. The molecule has 0 aliphatic rings. The highest BCUT2D eigenvalue weighted by molar-refractivity contribution is 7.85. The topological polar surface area (TPSA) is 55.4 Å². The Hall–Kier alpha value is -1.13. The SMILES string of the molecule is NC(C=Nc1ccc(Cl)c(S(=O)CC(F)(F)F)c1)C(F)(F)F. The van der Waals surface area contributed by atoms with Crippen molar-refractivity contribution in [2.75, 3.05) is 5.75 Å². The van der Waals surface area contributed by atoms with Crippen LogP contribution in [0.5, 0.6) is 0 Å². The number of nitrogens with two attached hydrogens (primary N) is 1. The lowest BCUT2D eigenvalue weighted by atomic mass is 10.3. The van der Waals surface area contributed by atoms with E-state index in [1.807, 2.05) is 0 Å². The molecule has 0 aromatic heterocycles. The van der Waals surface area contributed by atoms with Crippen molar-refractivity contribution in [1.29, 1.82) is 0 Å². The average Bonchev–Trinajstić information content (AvgIpc) is 2.34. The molecule has 22 heavy (non-hydrogen) atoms. The summed E-state index contributed by atoms with van der Waals surface area (Å²) < 4.78 is 84.8. The van der Waals surface area contributed by atoms with E-state index in [1.54, 1.807) is 0 Å². The van der Waals surface area contributed by atoms with Gasteiger partial charge in [0, 0.05) is 6.21 Å². The first-order valence-corrected chi connectivity index (χ1v) is 7.21. The fraction of sp³-hybridized carbons (Fsp3) is 0.364. The van der Waals surface area contributed by atoms with Gasteiger partial charge in [0.1, 0.15) is 11.8 Å². The van der Waals surface area contributed by atoms with Crippen LogP contribution in [0.3, 0.4) is 0 Å². The van der Waals surface area contributed by atoms with E-state index < -0.39 is 34.9 Å². The summed E-state index contributed by atoms with van der Waals surface area (Å²) in [6.07, 6.45) is -8.98. The Kier molecular flexibility index (Phi) is 5.99. The van der Waals surface area contributed by atoms with E-state index in [1.165, 1.54) is 0 Å². The molecule has 0 bridgehead atoms.